The van der Waals surface area contributed by atoms with Crippen LogP contribution in [-0.4, -0.2) is 4.92 Å². The summed E-state index contributed by atoms with van der Waals surface area (Å²) in [7, 11) is 0. The third-order valence-electron chi connectivity index (χ3n) is 1.29. The van der Waals surface area contributed by atoms with Crippen LogP contribution >= 0.6 is 24.2 Å². The summed E-state index contributed by atoms with van der Waals surface area (Å²) in [5.41, 5.74) is 5.43. The number of halogens is 1. The van der Waals surface area contributed by atoms with E-state index in [1.807, 2.05) is 0 Å². The Kier molecular flexibility index (Phi) is 2.44. The lowest BCUT2D eigenvalue weighted by Gasteiger charge is -1.99. The number of thiol groups is 1. The Labute approximate surface area is 78.9 Å². The molecule has 1 aromatic carbocycles. The van der Waals surface area contributed by atoms with Crippen LogP contribution < -0.4 is 5.73 Å². The van der Waals surface area contributed by atoms with Crippen molar-refractivity contribution in [1.29, 1.82) is 0 Å². The van der Waals surface area contributed by atoms with Crippen LogP contribution in [0.1, 0.15) is 0 Å². The Morgan fingerprint density at radius 1 is 1.58 bits per heavy atom. The summed E-state index contributed by atoms with van der Waals surface area (Å²) in [5.74, 6) is 0. The molecule has 1 rings (SSSR count). The van der Waals surface area contributed by atoms with E-state index in [1.54, 1.807) is 0 Å². The van der Waals surface area contributed by atoms with Crippen LogP contribution in [0.4, 0.5) is 11.4 Å². The van der Waals surface area contributed by atoms with Gasteiger partial charge in [0.05, 0.1) is 10.6 Å². The van der Waals surface area contributed by atoms with Crippen LogP contribution in [0.2, 0.25) is 5.02 Å². The third kappa shape index (κ3) is 1.62. The smallest absolute Gasteiger partial charge is 0.290 e. The normalized spacial score (nSPS) is 9.83. The van der Waals surface area contributed by atoms with E-state index in [0.29, 0.717) is 4.90 Å². The number of nitro groups is 1. The number of nitrogen functional groups attached to an aromatic ring is 1. The first kappa shape index (κ1) is 9.15. The maximum atomic E-state index is 10.3. The van der Waals surface area contributed by atoms with Crippen LogP contribution in [0.15, 0.2) is 17.0 Å². The van der Waals surface area contributed by atoms with Crippen LogP contribution in [0.25, 0.3) is 0 Å². The summed E-state index contributed by atoms with van der Waals surface area (Å²) in [5, 5.41) is 10.4. The zero-order valence-electron chi connectivity index (χ0n) is 5.82. The molecule has 0 atom stereocenters. The highest BCUT2D eigenvalue weighted by atomic mass is 35.5. The van der Waals surface area contributed by atoms with Crippen molar-refractivity contribution in [2.45, 2.75) is 4.90 Å². The number of hydrogen-bond acceptors (Lipinski definition) is 4. The van der Waals surface area contributed by atoms with E-state index in [2.05, 4.69) is 12.6 Å². The molecule has 0 saturated heterocycles. The number of hydrogen-bond donors (Lipinski definition) is 2. The summed E-state index contributed by atoms with van der Waals surface area (Å²) in [6, 6.07) is 2.53. The lowest BCUT2D eigenvalue weighted by Crippen LogP contribution is -1.93. The second-order valence-electron chi connectivity index (χ2n) is 2.12. The van der Waals surface area contributed by atoms with Crippen molar-refractivity contribution in [3.05, 3.63) is 27.3 Å². The molecule has 0 aliphatic carbocycles. The molecule has 0 radical (unpaired) electrons. The first-order valence-corrected chi connectivity index (χ1v) is 3.77. The Morgan fingerprint density at radius 3 is 2.67 bits per heavy atom. The molecule has 2 N–H and O–H groups in total. The SMILES string of the molecule is Nc1cc([N+](=O)[O-])c(Cl)cc1S. The molecule has 4 nitrogen and oxygen atoms in total. The number of rotatable bonds is 1. The molecule has 64 valence electrons. The van der Waals surface area contributed by atoms with Crippen LogP contribution in [0.5, 0.6) is 0 Å². The second kappa shape index (κ2) is 3.20. The van der Waals surface area contributed by atoms with Gasteiger partial charge in [0.2, 0.25) is 0 Å². The fourth-order valence-corrected chi connectivity index (χ4v) is 1.21. The molecule has 0 saturated carbocycles. The maximum absolute atomic E-state index is 10.3. The monoisotopic (exact) mass is 204 g/mol. The summed E-state index contributed by atoms with van der Waals surface area (Å²) in [6.07, 6.45) is 0. The van der Waals surface area contributed by atoms with E-state index in [1.165, 1.54) is 12.1 Å². The van der Waals surface area contributed by atoms with Crippen LogP contribution in [0.3, 0.4) is 0 Å². The minimum absolute atomic E-state index is 0.0409. The van der Waals surface area contributed by atoms with Crippen molar-refractivity contribution in [3.63, 3.8) is 0 Å². The number of benzene rings is 1. The first-order valence-electron chi connectivity index (χ1n) is 2.94. The molecule has 0 aliphatic heterocycles. The van der Waals surface area contributed by atoms with Gasteiger partial charge in [0.1, 0.15) is 5.02 Å². The van der Waals surface area contributed by atoms with Gasteiger partial charge in [-0.1, -0.05) is 11.6 Å². The van der Waals surface area contributed by atoms with Crippen LogP contribution in [0, 0.1) is 10.1 Å². The van der Waals surface area contributed by atoms with E-state index in [9.17, 15) is 10.1 Å². The summed E-state index contributed by atoms with van der Waals surface area (Å²) >= 11 is 9.50. The Balaban J connectivity index is 3.33. The largest absolute Gasteiger partial charge is 0.398 e. The maximum Gasteiger partial charge on any atom is 0.290 e. The lowest BCUT2D eigenvalue weighted by molar-refractivity contribution is -0.384. The fourth-order valence-electron chi connectivity index (χ4n) is 0.707. The van der Waals surface area contributed by atoms with Crippen molar-refractivity contribution < 1.29 is 4.92 Å². The van der Waals surface area contributed by atoms with E-state index in [-0.39, 0.29) is 16.4 Å². The first-order chi connectivity index (χ1) is 5.52. The zero-order chi connectivity index (χ0) is 9.30. The third-order valence-corrected chi connectivity index (χ3v) is 1.98. The van der Waals surface area contributed by atoms with Gasteiger partial charge in [-0.25, -0.2) is 0 Å². The van der Waals surface area contributed by atoms with E-state index >= 15 is 0 Å². The standard InChI is InChI=1S/C6H5ClN2O2S/c7-3-1-6(12)4(8)2-5(3)9(10)11/h1-2,12H,8H2. The minimum Gasteiger partial charge on any atom is -0.398 e. The highest BCUT2D eigenvalue weighted by molar-refractivity contribution is 7.80. The Hall–Kier alpha value is -0.940. The van der Waals surface area contributed by atoms with Crippen molar-refractivity contribution >= 4 is 35.6 Å². The quantitative estimate of drug-likeness (QED) is 0.319. The van der Waals surface area contributed by atoms with Crippen molar-refractivity contribution in [2.75, 3.05) is 5.73 Å². The van der Waals surface area contributed by atoms with Crippen LogP contribution in [-0.2, 0) is 0 Å². The van der Waals surface area contributed by atoms with Gasteiger partial charge in [0.25, 0.3) is 5.69 Å². The van der Waals surface area contributed by atoms with Gasteiger partial charge in [-0.3, -0.25) is 10.1 Å². The molecule has 0 spiro atoms. The highest BCUT2D eigenvalue weighted by Crippen LogP contribution is 2.30. The molecule has 0 aliphatic rings. The van der Waals surface area contributed by atoms with Gasteiger partial charge in [-0.2, -0.15) is 0 Å². The van der Waals surface area contributed by atoms with Gasteiger partial charge in [-0.15, -0.1) is 12.6 Å². The van der Waals surface area contributed by atoms with Gasteiger partial charge in [0, 0.05) is 11.0 Å². The predicted octanol–water partition coefficient (Wildman–Crippen LogP) is 2.12. The topological polar surface area (TPSA) is 69.2 Å². The predicted molar refractivity (Wildman–Crippen MR) is 49.8 cm³/mol. The molecule has 0 aromatic heterocycles. The van der Waals surface area contributed by atoms with Crippen molar-refractivity contribution in [1.82, 2.24) is 0 Å². The lowest BCUT2D eigenvalue weighted by atomic mass is 10.3. The molecular formula is C6H5ClN2O2S. The molecule has 12 heavy (non-hydrogen) atoms. The fraction of sp³-hybridized carbons (Fsp3) is 0. The van der Waals surface area contributed by atoms with E-state index < -0.39 is 4.92 Å². The Bertz CT molecular complexity index is 343. The molecule has 0 unspecified atom stereocenters. The molecular weight excluding hydrogens is 200 g/mol. The summed E-state index contributed by atoms with van der Waals surface area (Å²) in [6.45, 7) is 0. The number of anilines is 1. The van der Waals surface area contributed by atoms with Gasteiger partial charge in [0.15, 0.2) is 0 Å². The Morgan fingerprint density at radius 2 is 2.17 bits per heavy atom. The van der Waals surface area contributed by atoms with E-state index in [0.717, 1.165) is 0 Å². The summed E-state index contributed by atoms with van der Waals surface area (Å²) in [4.78, 5) is 10.2. The molecule has 0 heterocycles. The molecule has 6 heteroatoms. The van der Waals surface area contributed by atoms with Crippen molar-refractivity contribution in [2.24, 2.45) is 0 Å². The molecule has 0 fully saturated rings. The number of nitrogens with two attached hydrogens (primary N) is 1. The van der Waals surface area contributed by atoms with Crippen molar-refractivity contribution in [3.8, 4) is 0 Å². The minimum atomic E-state index is -0.591. The van der Waals surface area contributed by atoms with Gasteiger partial charge < -0.3 is 5.73 Å². The number of nitro benzene ring substituents is 1. The molecule has 0 amide bonds. The second-order valence-corrected chi connectivity index (χ2v) is 3.01. The molecule has 1 aromatic rings. The summed E-state index contributed by atoms with van der Waals surface area (Å²) < 4.78 is 0. The number of nitrogens with zero attached hydrogens (tertiary/aromatic N) is 1. The highest BCUT2D eigenvalue weighted by Gasteiger charge is 2.13. The van der Waals surface area contributed by atoms with Gasteiger partial charge >= 0.3 is 0 Å². The molecule has 0 bridgehead atoms. The average molecular weight is 205 g/mol. The zero-order valence-corrected chi connectivity index (χ0v) is 7.47. The average Bonchev–Trinajstić information content (AvgIpc) is 1.96. The van der Waals surface area contributed by atoms with Gasteiger partial charge in [-0.05, 0) is 6.07 Å². The van der Waals surface area contributed by atoms with E-state index in [4.69, 9.17) is 17.3 Å².